The highest BCUT2D eigenvalue weighted by Gasteiger charge is 2.21. The van der Waals surface area contributed by atoms with Crippen LogP contribution in [0.15, 0.2) is 84.9 Å². The van der Waals surface area contributed by atoms with E-state index in [9.17, 15) is 0 Å². The van der Waals surface area contributed by atoms with Crippen LogP contribution in [0.5, 0.6) is 0 Å². The van der Waals surface area contributed by atoms with Gasteiger partial charge < -0.3 is 0 Å². The minimum Gasteiger partial charge on any atom is -0.0622 e. The third kappa shape index (κ3) is 5.61. The third-order valence-electron chi connectivity index (χ3n) is 7.92. The molecule has 0 heteroatoms. The van der Waals surface area contributed by atoms with Crippen LogP contribution >= 0.6 is 0 Å². The summed E-state index contributed by atoms with van der Waals surface area (Å²) in [7, 11) is 0. The van der Waals surface area contributed by atoms with Gasteiger partial charge in [0.2, 0.25) is 0 Å². The number of benzene rings is 3. The summed E-state index contributed by atoms with van der Waals surface area (Å²) in [6.07, 6.45) is 18.5. The molecule has 3 aromatic rings. The molecular weight excluding hydrogens is 408 g/mol. The molecule has 2 aliphatic carbocycles. The lowest BCUT2D eigenvalue weighted by Gasteiger charge is -2.26. The van der Waals surface area contributed by atoms with Crippen molar-refractivity contribution in [3.05, 3.63) is 107 Å². The summed E-state index contributed by atoms with van der Waals surface area (Å²) < 4.78 is 0. The first-order valence-corrected chi connectivity index (χ1v) is 13.5. The van der Waals surface area contributed by atoms with Gasteiger partial charge in [-0.05, 0) is 70.9 Å². The van der Waals surface area contributed by atoms with Crippen molar-refractivity contribution in [2.45, 2.75) is 64.2 Å². The molecule has 0 radical (unpaired) electrons. The van der Waals surface area contributed by atoms with Gasteiger partial charge in [-0.25, -0.2) is 0 Å². The Labute approximate surface area is 206 Å². The molecule has 0 heterocycles. The summed E-state index contributed by atoms with van der Waals surface area (Å²) in [6, 6.07) is 31.3. The van der Waals surface area contributed by atoms with Crippen molar-refractivity contribution >= 4 is 23.3 Å². The molecule has 2 aliphatic rings. The Morgan fingerprint density at radius 3 is 1.18 bits per heavy atom. The second kappa shape index (κ2) is 11.5. The Bertz CT molecular complexity index is 1000. The van der Waals surface area contributed by atoms with Gasteiger partial charge in [-0.2, -0.15) is 0 Å². The van der Waals surface area contributed by atoms with E-state index in [4.69, 9.17) is 0 Å². The quantitative estimate of drug-likeness (QED) is 0.330. The van der Waals surface area contributed by atoms with Crippen LogP contribution in [0.25, 0.3) is 23.3 Å². The maximum atomic E-state index is 2.51. The summed E-state index contributed by atoms with van der Waals surface area (Å²) in [5.74, 6) is 1.33. The van der Waals surface area contributed by atoms with Gasteiger partial charge in [0.25, 0.3) is 0 Å². The van der Waals surface area contributed by atoms with Crippen molar-refractivity contribution in [2.24, 2.45) is 11.8 Å². The van der Waals surface area contributed by atoms with Crippen LogP contribution in [0.1, 0.15) is 86.5 Å². The van der Waals surface area contributed by atoms with Gasteiger partial charge in [0.15, 0.2) is 0 Å². The molecule has 0 unspecified atom stereocenters. The minimum atomic E-state index is 0.667. The molecular formula is C34H38. The van der Waals surface area contributed by atoms with Gasteiger partial charge in [0.05, 0.1) is 0 Å². The molecule has 34 heavy (non-hydrogen) atoms. The average molecular weight is 447 g/mol. The first kappa shape index (κ1) is 22.9. The molecule has 0 atom stereocenters. The Kier molecular flexibility index (Phi) is 7.76. The fraction of sp³-hybridized carbons (Fsp3) is 0.353. The van der Waals surface area contributed by atoms with Crippen LogP contribution in [-0.4, -0.2) is 0 Å². The lowest BCUT2D eigenvalue weighted by molar-refractivity contribution is 0.430. The molecule has 174 valence electrons. The van der Waals surface area contributed by atoms with E-state index in [-0.39, 0.29) is 0 Å². The van der Waals surface area contributed by atoms with Crippen LogP contribution in [-0.2, 0) is 0 Å². The van der Waals surface area contributed by atoms with E-state index in [0.717, 1.165) is 0 Å². The van der Waals surface area contributed by atoms with Gasteiger partial charge in [0.1, 0.15) is 0 Å². The maximum Gasteiger partial charge on any atom is -0.0156 e. The molecule has 2 fully saturated rings. The maximum absolute atomic E-state index is 2.51. The molecule has 0 bridgehead atoms. The third-order valence-corrected chi connectivity index (χ3v) is 7.92. The monoisotopic (exact) mass is 446 g/mol. The summed E-state index contributed by atoms with van der Waals surface area (Å²) >= 11 is 0. The SMILES string of the molecule is C(=C(c1ccccc1)C1CCCCC1)c1ccccc1C=C(c1ccccc1)C1CCCCC1. The van der Waals surface area contributed by atoms with Crippen molar-refractivity contribution in [1.29, 1.82) is 0 Å². The molecule has 0 nitrogen and oxygen atoms in total. The second-order valence-corrected chi connectivity index (χ2v) is 10.2. The van der Waals surface area contributed by atoms with E-state index in [2.05, 4.69) is 97.1 Å². The highest BCUT2D eigenvalue weighted by atomic mass is 14.3. The zero-order valence-corrected chi connectivity index (χ0v) is 20.5. The van der Waals surface area contributed by atoms with Gasteiger partial charge in [0, 0.05) is 0 Å². The zero-order chi connectivity index (χ0) is 23.0. The normalized spacial score (nSPS) is 18.7. The van der Waals surface area contributed by atoms with Gasteiger partial charge in [-0.15, -0.1) is 0 Å². The molecule has 0 saturated heterocycles. The molecule has 0 amide bonds. The van der Waals surface area contributed by atoms with Gasteiger partial charge in [-0.1, -0.05) is 136 Å². The van der Waals surface area contributed by atoms with Gasteiger partial charge in [-0.3, -0.25) is 0 Å². The molecule has 3 aromatic carbocycles. The first-order valence-electron chi connectivity index (χ1n) is 13.5. The minimum absolute atomic E-state index is 0.667. The van der Waals surface area contributed by atoms with E-state index >= 15 is 0 Å². The second-order valence-electron chi connectivity index (χ2n) is 10.2. The van der Waals surface area contributed by atoms with Crippen molar-refractivity contribution < 1.29 is 0 Å². The summed E-state index contributed by atoms with van der Waals surface area (Å²) in [6.45, 7) is 0. The Morgan fingerprint density at radius 1 is 0.441 bits per heavy atom. The van der Waals surface area contributed by atoms with Crippen LogP contribution in [0, 0.1) is 11.8 Å². The number of hydrogen-bond donors (Lipinski definition) is 0. The van der Waals surface area contributed by atoms with Crippen molar-refractivity contribution in [1.82, 2.24) is 0 Å². The largest absolute Gasteiger partial charge is 0.0622 e. The molecule has 5 rings (SSSR count). The van der Waals surface area contributed by atoms with Crippen LogP contribution in [0.3, 0.4) is 0 Å². The fourth-order valence-corrected chi connectivity index (χ4v) is 6.07. The van der Waals surface area contributed by atoms with Crippen molar-refractivity contribution in [2.75, 3.05) is 0 Å². The number of rotatable bonds is 6. The van der Waals surface area contributed by atoms with E-state index in [1.54, 1.807) is 0 Å². The lowest BCUT2D eigenvalue weighted by atomic mass is 9.79. The van der Waals surface area contributed by atoms with E-state index in [0.29, 0.717) is 11.8 Å². The number of hydrogen-bond acceptors (Lipinski definition) is 0. The fourth-order valence-electron chi connectivity index (χ4n) is 6.07. The molecule has 0 aliphatic heterocycles. The van der Waals surface area contributed by atoms with Crippen molar-refractivity contribution in [3.63, 3.8) is 0 Å². The summed E-state index contributed by atoms with van der Waals surface area (Å²) in [5, 5.41) is 0. The van der Waals surface area contributed by atoms with Crippen molar-refractivity contribution in [3.8, 4) is 0 Å². The predicted molar refractivity (Wildman–Crippen MR) is 148 cm³/mol. The predicted octanol–water partition coefficient (Wildman–Crippen LogP) is 9.93. The standard InChI is InChI=1S/C34H38/c1-5-15-27(16-6-1)33(28-17-7-2-8-18-28)25-31-23-13-14-24-32(31)26-34(29-19-9-3-10-20-29)30-21-11-4-12-22-30/h1,3,5-6,9-10,13-16,19-20,23-26,28,30H,2,4,7-8,11-12,17-18,21-22H2. The van der Waals surface area contributed by atoms with Crippen LogP contribution < -0.4 is 0 Å². The van der Waals surface area contributed by atoms with Gasteiger partial charge >= 0.3 is 0 Å². The molecule has 0 aromatic heterocycles. The topological polar surface area (TPSA) is 0 Å². The summed E-state index contributed by atoms with van der Waals surface area (Å²) in [5.41, 5.74) is 8.56. The first-order chi connectivity index (χ1) is 16.9. The van der Waals surface area contributed by atoms with E-state index in [1.807, 2.05) is 0 Å². The zero-order valence-electron chi connectivity index (χ0n) is 20.5. The van der Waals surface area contributed by atoms with Crippen LogP contribution in [0.4, 0.5) is 0 Å². The average Bonchev–Trinajstić information content (AvgIpc) is 2.93. The van der Waals surface area contributed by atoms with E-state index in [1.165, 1.54) is 97.6 Å². The number of allylic oxidation sites excluding steroid dienone is 2. The Morgan fingerprint density at radius 2 is 0.794 bits per heavy atom. The highest BCUT2D eigenvalue weighted by Crippen LogP contribution is 2.39. The summed E-state index contributed by atoms with van der Waals surface area (Å²) in [4.78, 5) is 0. The van der Waals surface area contributed by atoms with Crippen LogP contribution in [0.2, 0.25) is 0 Å². The Hall–Kier alpha value is -2.86. The molecule has 0 spiro atoms. The Balaban J connectivity index is 1.58. The molecule has 2 saturated carbocycles. The highest BCUT2D eigenvalue weighted by molar-refractivity contribution is 5.89. The molecule has 0 N–H and O–H groups in total. The smallest absolute Gasteiger partial charge is 0.0156 e. The van der Waals surface area contributed by atoms with E-state index < -0.39 is 0 Å². The lowest BCUT2D eigenvalue weighted by Crippen LogP contribution is -2.09.